The molecule has 1 atom stereocenters. The van der Waals surface area contributed by atoms with Gasteiger partial charge in [-0.1, -0.05) is 31.7 Å². The van der Waals surface area contributed by atoms with Gasteiger partial charge in [-0.3, -0.25) is 0 Å². The molecule has 1 nitrogen and oxygen atoms in total. The van der Waals surface area contributed by atoms with Crippen molar-refractivity contribution >= 4 is 0 Å². The lowest BCUT2D eigenvalue weighted by Gasteiger charge is -2.22. The maximum atomic E-state index is 13.2. The van der Waals surface area contributed by atoms with Gasteiger partial charge in [-0.2, -0.15) is 13.2 Å². The number of aliphatic hydroxyl groups excluding tert-OH is 1. The maximum Gasteiger partial charge on any atom is 0.419 e. The van der Waals surface area contributed by atoms with Gasteiger partial charge in [0.2, 0.25) is 0 Å². The third-order valence-corrected chi connectivity index (χ3v) is 3.98. The van der Waals surface area contributed by atoms with Gasteiger partial charge in [0, 0.05) is 0 Å². The van der Waals surface area contributed by atoms with Gasteiger partial charge in [0.1, 0.15) is 5.82 Å². The predicted molar refractivity (Wildman–Crippen MR) is 67.6 cm³/mol. The minimum Gasteiger partial charge on any atom is -0.388 e. The lowest BCUT2D eigenvalue weighted by atomic mass is 9.89. The van der Waals surface area contributed by atoms with Crippen molar-refractivity contribution in [3.8, 4) is 0 Å². The van der Waals surface area contributed by atoms with Crippen molar-refractivity contribution in [2.75, 3.05) is 0 Å². The first-order valence-electron chi connectivity index (χ1n) is 6.94. The second-order valence-electron chi connectivity index (χ2n) is 5.43. The van der Waals surface area contributed by atoms with E-state index in [2.05, 4.69) is 0 Å². The molecule has 20 heavy (non-hydrogen) atoms. The standard InChI is InChI=1S/C15H18F4O/c16-13-8-7-11(9-12(13)15(17,18)19)14(20)10-5-3-1-2-4-6-10/h7-10,14,20H,1-6H2. The first-order valence-corrected chi connectivity index (χ1v) is 6.94. The fourth-order valence-electron chi connectivity index (χ4n) is 2.84. The fourth-order valence-corrected chi connectivity index (χ4v) is 2.84. The average Bonchev–Trinajstić information content (AvgIpc) is 2.66. The van der Waals surface area contributed by atoms with Crippen LogP contribution in [0.3, 0.4) is 0 Å². The quantitative estimate of drug-likeness (QED) is 0.610. The minimum atomic E-state index is -4.73. The van der Waals surface area contributed by atoms with Crippen molar-refractivity contribution in [2.24, 2.45) is 5.92 Å². The van der Waals surface area contributed by atoms with Gasteiger partial charge in [-0.05, 0) is 36.5 Å². The molecule has 5 heteroatoms. The van der Waals surface area contributed by atoms with Crippen LogP contribution >= 0.6 is 0 Å². The highest BCUT2D eigenvalue weighted by Crippen LogP contribution is 2.37. The second kappa shape index (κ2) is 6.12. The van der Waals surface area contributed by atoms with E-state index in [1.54, 1.807) is 0 Å². The van der Waals surface area contributed by atoms with Gasteiger partial charge in [-0.25, -0.2) is 4.39 Å². The Morgan fingerprint density at radius 2 is 1.65 bits per heavy atom. The molecule has 1 aliphatic rings. The molecule has 1 fully saturated rings. The van der Waals surface area contributed by atoms with Crippen molar-refractivity contribution in [1.82, 2.24) is 0 Å². The van der Waals surface area contributed by atoms with Crippen LogP contribution in [0.2, 0.25) is 0 Å². The van der Waals surface area contributed by atoms with Gasteiger partial charge in [0.15, 0.2) is 0 Å². The maximum absolute atomic E-state index is 13.2. The summed E-state index contributed by atoms with van der Waals surface area (Å²) in [5.41, 5.74) is -1.15. The van der Waals surface area contributed by atoms with E-state index in [1.165, 1.54) is 6.07 Å². The highest BCUT2D eigenvalue weighted by molar-refractivity contribution is 5.29. The second-order valence-corrected chi connectivity index (χ2v) is 5.43. The van der Waals surface area contributed by atoms with Crippen LogP contribution < -0.4 is 0 Å². The molecule has 1 aromatic carbocycles. The molecule has 1 saturated carbocycles. The molecule has 1 aliphatic carbocycles. The first kappa shape index (κ1) is 15.3. The van der Waals surface area contributed by atoms with E-state index in [9.17, 15) is 22.7 Å². The average molecular weight is 290 g/mol. The summed E-state index contributed by atoms with van der Waals surface area (Å²) in [4.78, 5) is 0. The Bertz CT molecular complexity index is 448. The summed E-state index contributed by atoms with van der Waals surface area (Å²) < 4.78 is 51.3. The number of hydrogen-bond acceptors (Lipinski definition) is 1. The Balaban J connectivity index is 2.23. The van der Waals surface area contributed by atoms with Crippen LogP contribution in [0.5, 0.6) is 0 Å². The summed E-state index contributed by atoms with van der Waals surface area (Å²) in [5.74, 6) is -1.33. The van der Waals surface area contributed by atoms with Gasteiger partial charge >= 0.3 is 6.18 Å². The summed E-state index contributed by atoms with van der Waals surface area (Å²) in [6.45, 7) is 0. The topological polar surface area (TPSA) is 20.2 Å². The molecule has 0 heterocycles. The van der Waals surface area contributed by atoms with Gasteiger partial charge in [0.05, 0.1) is 11.7 Å². The van der Waals surface area contributed by atoms with E-state index in [-0.39, 0.29) is 11.5 Å². The molecular formula is C15H18F4O. The number of rotatable bonds is 2. The Kier molecular flexibility index (Phi) is 4.68. The zero-order valence-corrected chi connectivity index (χ0v) is 11.1. The van der Waals surface area contributed by atoms with E-state index in [1.807, 2.05) is 0 Å². The summed E-state index contributed by atoms with van der Waals surface area (Å²) in [6, 6.07) is 2.78. The summed E-state index contributed by atoms with van der Waals surface area (Å²) >= 11 is 0. The fraction of sp³-hybridized carbons (Fsp3) is 0.600. The minimum absolute atomic E-state index is 0.0379. The summed E-state index contributed by atoms with van der Waals surface area (Å²) in [5, 5.41) is 10.3. The number of aliphatic hydroxyl groups is 1. The largest absolute Gasteiger partial charge is 0.419 e. The van der Waals surface area contributed by atoms with Gasteiger partial charge in [-0.15, -0.1) is 0 Å². The Labute approximate surface area is 115 Å². The van der Waals surface area contributed by atoms with E-state index in [4.69, 9.17) is 0 Å². The molecule has 1 aromatic rings. The van der Waals surface area contributed by atoms with Crippen LogP contribution in [-0.2, 0) is 6.18 Å². The van der Waals surface area contributed by atoms with Crippen LogP contribution in [-0.4, -0.2) is 5.11 Å². The van der Waals surface area contributed by atoms with Gasteiger partial charge in [0.25, 0.3) is 0 Å². The molecule has 112 valence electrons. The summed E-state index contributed by atoms with van der Waals surface area (Å²) in [6.07, 6.45) is 0.0865. The molecule has 0 bridgehead atoms. The lowest BCUT2D eigenvalue weighted by Crippen LogP contribution is -2.14. The highest BCUT2D eigenvalue weighted by atomic mass is 19.4. The molecule has 0 amide bonds. The molecule has 1 unspecified atom stereocenters. The van der Waals surface area contributed by atoms with Gasteiger partial charge < -0.3 is 5.11 Å². The van der Waals surface area contributed by atoms with Crippen LogP contribution in [0.15, 0.2) is 18.2 Å². The highest BCUT2D eigenvalue weighted by Gasteiger charge is 2.35. The predicted octanol–water partition coefficient (Wildman–Crippen LogP) is 4.85. The van der Waals surface area contributed by atoms with E-state index < -0.39 is 23.7 Å². The van der Waals surface area contributed by atoms with Crippen molar-refractivity contribution in [1.29, 1.82) is 0 Å². The molecule has 2 rings (SSSR count). The zero-order valence-electron chi connectivity index (χ0n) is 11.1. The van der Waals surface area contributed by atoms with Crippen LogP contribution in [0, 0.1) is 11.7 Å². The van der Waals surface area contributed by atoms with E-state index in [0.29, 0.717) is 0 Å². The molecule has 0 spiro atoms. The van der Waals surface area contributed by atoms with Crippen molar-refractivity contribution in [3.63, 3.8) is 0 Å². The molecule has 0 aliphatic heterocycles. The monoisotopic (exact) mass is 290 g/mol. The Morgan fingerprint density at radius 3 is 2.20 bits per heavy atom. The lowest BCUT2D eigenvalue weighted by molar-refractivity contribution is -0.140. The molecule has 1 N–H and O–H groups in total. The van der Waals surface area contributed by atoms with Crippen LogP contribution in [0.25, 0.3) is 0 Å². The number of benzene rings is 1. The van der Waals surface area contributed by atoms with Crippen molar-refractivity contribution < 1.29 is 22.7 Å². The van der Waals surface area contributed by atoms with Crippen molar-refractivity contribution in [3.05, 3.63) is 35.1 Å². The SMILES string of the molecule is OC(c1ccc(F)c(C(F)(F)F)c1)C1CCCCCC1. The summed E-state index contributed by atoms with van der Waals surface area (Å²) in [7, 11) is 0. The van der Waals surface area contributed by atoms with Crippen LogP contribution in [0.4, 0.5) is 17.6 Å². The Morgan fingerprint density at radius 1 is 1.05 bits per heavy atom. The number of halogens is 4. The molecule has 0 radical (unpaired) electrons. The molecule has 0 saturated heterocycles. The normalized spacial score (nSPS) is 19.6. The smallest absolute Gasteiger partial charge is 0.388 e. The third-order valence-electron chi connectivity index (χ3n) is 3.98. The number of hydrogen-bond donors (Lipinski definition) is 1. The Hall–Kier alpha value is -1.10. The van der Waals surface area contributed by atoms with Crippen molar-refractivity contribution in [2.45, 2.75) is 50.8 Å². The first-order chi connectivity index (χ1) is 9.39. The molecular weight excluding hydrogens is 272 g/mol. The van der Waals surface area contributed by atoms with Crippen LogP contribution in [0.1, 0.15) is 55.8 Å². The third kappa shape index (κ3) is 3.51. The zero-order chi connectivity index (χ0) is 14.8. The van der Waals surface area contributed by atoms with E-state index >= 15 is 0 Å². The molecule has 0 aromatic heterocycles. The van der Waals surface area contributed by atoms with E-state index in [0.717, 1.165) is 50.7 Å². The number of alkyl halides is 3.